The Kier molecular flexibility index (Phi) is 14.9. The van der Waals surface area contributed by atoms with E-state index in [0.29, 0.717) is 70.0 Å². The van der Waals surface area contributed by atoms with E-state index in [2.05, 4.69) is 41.5 Å². The Hall–Kier alpha value is -1.22. The molecule has 0 aliphatic heterocycles. The summed E-state index contributed by atoms with van der Waals surface area (Å²) in [6, 6.07) is 0. The first kappa shape index (κ1) is 46.8. The van der Waals surface area contributed by atoms with Crippen molar-refractivity contribution in [2.45, 2.75) is 195 Å². The molecule has 8 nitrogen and oxygen atoms in total. The predicted octanol–water partition coefficient (Wildman–Crippen LogP) is 9.92. The van der Waals surface area contributed by atoms with Crippen molar-refractivity contribution < 1.29 is 39.5 Å². The van der Waals surface area contributed by atoms with Gasteiger partial charge in [0.25, 0.3) is 0 Å². The van der Waals surface area contributed by atoms with Gasteiger partial charge < -0.3 is 29.9 Å². The molecule has 8 saturated carbocycles. The minimum Gasteiger partial charge on any atom is -0.462 e. The third-order valence-electron chi connectivity index (χ3n) is 21.1. The Bertz CT molecular complexity index is 1350. The van der Waals surface area contributed by atoms with E-state index in [1.54, 1.807) is 0 Å². The highest BCUT2D eigenvalue weighted by Gasteiger charge is 2.62. The van der Waals surface area contributed by atoms with E-state index < -0.39 is 0 Å². The minimum absolute atomic E-state index is 0.0800. The van der Waals surface area contributed by atoms with Gasteiger partial charge in [-0.15, -0.1) is 0 Å². The summed E-state index contributed by atoms with van der Waals surface area (Å²) in [5.74, 6) is 8.39. The number of hydrogen-bond donors (Lipinski definition) is 4. The summed E-state index contributed by atoms with van der Waals surface area (Å²) in [4.78, 5) is 25.7. The van der Waals surface area contributed by atoms with E-state index in [9.17, 15) is 19.8 Å². The molecule has 0 bridgehead atoms. The molecule has 0 amide bonds. The van der Waals surface area contributed by atoms with E-state index in [0.717, 1.165) is 74.0 Å². The van der Waals surface area contributed by atoms with Gasteiger partial charge in [-0.25, -0.2) is 0 Å². The molecule has 4 N–H and O–H groups in total. The van der Waals surface area contributed by atoms with Crippen LogP contribution in [0.25, 0.3) is 0 Å². The highest BCUT2D eigenvalue weighted by molar-refractivity contribution is 5.70. The van der Waals surface area contributed by atoms with Crippen LogP contribution in [0.4, 0.5) is 0 Å². The third kappa shape index (κ3) is 8.91. The van der Waals surface area contributed by atoms with Gasteiger partial charge >= 0.3 is 11.9 Å². The standard InChI is InChI=1S/C50H82O6.C2H6O2/c1-31(39-13-15-41-37-11-9-33-29-35(51)19-23-47(33,3)43(37)21-25-49(39,41)5)7-17-45(53)55-27-28-56-46(54)18-8-32(2)40-14-16-42-38-12-10-34-30-36(52)20-24-48(34,4)44(38)22-26-50(40,42)6;3-1-2-4/h31-44,51-52H,7-30H2,1-6H3;3-4H,1-2H2/t31-,32-,33-,34-,35-,36-,37+,38+,39-,40-,41+,42+,43+,44+,47+,48+,49-,50-;/m1./s1. The first-order valence-corrected chi connectivity index (χ1v) is 25.5. The summed E-state index contributed by atoms with van der Waals surface area (Å²) in [6.07, 6.45) is 24.9. The molecule has 0 spiro atoms. The molecule has 344 valence electrons. The second-order valence-corrected chi connectivity index (χ2v) is 23.5. The van der Waals surface area contributed by atoms with Gasteiger partial charge in [0.05, 0.1) is 25.4 Å². The number of carbonyl (C=O) groups excluding carboxylic acids is 2. The third-order valence-corrected chi connectivity index (χ3v) is 21.1. The van der Waals surface area contributed by atoms with Crippen LogP contribution in [0.15, 0.2) is 0 Å². The van der Waals surface area contributed by atoms with Gasteiger partial charge in [0.1, 0.15) is 13.2 Å². The first-order valence-electron chi connectivity index (χ1n) is 25.5. The number of rotatable bonds is 12. The van der Waals surface area contributed by atoms with E-state index in [1.165, 1.54) is 89.9 Å². The Morgan fingerprint density at radius 3 is 1.27 bits per heavy atom. The lowest BCUT2D eigenvalue weighted by atomic mass is 9.44. The average molecular weight is 841 g/mol. The fourth-order valence-electron chi connectivity index (χ4n) is 18.0. The van der Waals surface area contributed by atoms with Crippen LogP contribution in [0.2, 0.25) is 0 Å². The molecular weight excluding hydrogens is 753 g/mol. The summed E-state index contributed by atoms with van der Waals surface area (Å²) in [5, 5.41) is 36.1. The molecule has 0 aromatic heterocycles. The topological polar surface area (TPSA) is 134 Å². The smallest absolute Gasteiger partial charge is 0.305 e. The van der Waals surface area contributed by atoms with E-state index in [1.807, 2.05) is 0 Å². The zero-order valence-corrected chi connectivity index (χ0v) is 38.9. The van der Waals surface area contributed by atoms with Gasteiger partial charge in [0.15, 0.2) is 0 Å². The van der Waals surface area contributed by atoms with Gasteiger partial charge in [-0.3, -0.25) is 9.59 Å². The van der Waals surface area contributed by atoms with Crippen LogP contribution >= 0.6 is 0 Å². The van der Waals surface area contributed by atoms with Crippen LogP contribution in [0.5, 0.6) is 0 Å². The molecule has 8 heteroatoms. The molecule has 0 aromatic rings. The summed E-state index contributed by atoms with van der Waals surface area (Å²) in [7, 11) is 0. The number of esters is 2. The lowest BCUT2D eigenvalue weighted by Gasteiger charge is -2.61. The van der Waals surface area contributed by atoms with E-state index in [-0.39, 0.29) is 50.6 Å². The van der Waals surface area contributed by atoms with Crippen LogP contribution < -0.4 is 0 Å². The van der Waals surface area contributed by atoms with Crippen LogP contribution in [0.3, 0.4) is 0 Å². The second kappa shape index (κ2) is 19.1. The van der Waals surface area contributed by atoms with Crippen molar-refractivity contribution in [2.24, 2.45) is 92.7 Å². The van der Waals surface area contributed by atoms with Crippen molar-refractivity contribution in [3.05, 3.63) is 0 Å². The number of ether oxygens (including phenoxy) is 2. The van der Waals surface area contributed by atoms with Crippen LogP contribution in [-0.2, 0) is 19.1 Å². The van der Waals surface area contributed by atoms with Gasteiger partial charge in [-0.1, -0.05) is 41.5 Å². The van der Waals surface area contributed by atoms with Crippen molar-refractivity contribution >= 4 is 11.9 Å². The fraction of sp³-hybridized carbons (Fsp3) is 0.962. The molecule has 0 aromatic carbocycles. The number of aliphatic hydroxyl groups excluding tert-OH is 4. The minimum atomic E-state index is -0.155. The van der Waals surface area contributed by atoms with Crippen molar-refractivity contribution in [1.82, 2.24) is 0 Å². The molecule has 8 aliphatic rings. The largest absolute Gasteiger partial charge is 0.462 e. The summed E-state index contributed by atoms with van der Waals surface area (Å²) in [6.45, 7) is 15.2. The highest BCUT2D eigenvalue weighted by atomic mass is 16.6. The van der Waals surface area contributed by atoms with Crippen molar-refractivity contribution in [1.29, 1.82) is 0 Å². The fourth-order valence-corrected chi connectivity index (χ4v) is 18.0. The zero-order valence-electron chi connectivity index (χ0n) is 38.9. The molecule has 8 rings (SSSR count). The molecule has 18 atom stereocenters. The summed E-state index contributed by atoms with van der Waals surface area (Å²) >= 11 is 0. The molecule has 8 aliphatic carbocycles. The normalized spacial score (nSPS) is 46.4. The monoisotopic (exact) mass is 841 g/mol. The maximum atomic E-state index is 12.9. The number of aliphatic hydroxyl groups is 4. The van der Waals surface area contributed by atoms with Gasteiger partial charge in [0, 0.05) is 12.8 Å². The Balaban J connectivity index is 0.00000130. The quantitative estimate of drug-likeness (QED) is 0.113. The SMILES string of the molecule is C[C@H](CCC(=O)OCCOC(=O)CC[C@@H](C)[C@H]1CC[C@H]2[C@@H]3CC[C@@H]4C[C@H](O)CC[C@]4(C)[C@H]3CC[C@]12C)[C@H]1CC[C@H]2[C@@H]3CC[C@@H]4C[C@H](O)CC[C@]4(C)[C@H]3CC[C@]12C.OCCO. The Labute approximate surface area is 364 Å². The van der Waals surface area contributed by atoms with Crippen LogP contribution in [0.1, 0.15) is 183 Å². The lowest BCUT2D eigenvalue weighted by Crippen LogP contribution is -2.54. The Morgan fingerprint density at radius 1 is 0.517 bits per heavy atom. The first-order chi connectivity index (χ1) is 28.6. The summed E-state index contributed by atoms with van der Waals surface area (Å²) < 4.78 is 11.2. The zero-order chi connectivity index (χ0) is 43.0. The lowest BCUT2D eigenvalue weighted by molar-refractivity contribution is -0.153. The molecular formula is C52H88O8. The second-order valence-electron chi connectivity index (χ2n) is 23.5. The maximum absolute atomic E-state index is 12.9. The van der Waals surface area contributed by atoms with Crippen molar-refractivity contribution in [2.75, 3.05) is 26.4 Å². The number of hydrogen-bond acceptors (Lipinski definition) is 8. The molecule has 60 heavy (non-hydrogen) atoms. The predicted molar refractivity (Wildman–Crippen MR) is 235 cm³/mol. The molecule has 0 unspecified atom stereocenters. The highest BCUT2D eigenvalue weighted by Crippen LogP contribution is 2.70. The summed E-state index contributed by atoms with van der Waals surface area (Å²) in [5.41, 5.74) is 1.59. The van der Waals surface area contributed by atoms with E-state index >= 15 is 0 Å². The van der Waals surface area contributed by atoms with Crippen LogP contribution in [-0.4, -0.2) is 71.0 Å². The van der Waals surface area contributed by atoms with Gasteiger partial charge in [0.2, 0.25) is 0 Å². The molecule has 0 saturated heterocycles. The van der Waals surface area contributed by atoms with Crippen molar-refractivity contribution in [3.8, 4) is 0 Å². The van der Waals surface area contributed by atoms with Crippen LogP contribution in [0, 0.1) is 92.7 Å². The molecule has 0 heterocycles. The molecule has 0 radical (unpaired) electrons. The van der Waals surface area contributed by atoms with Crippen molar-refractivity contribution in [3.63, 3.8) is 0 Å². The van der Waals surface area contributed by atoms with E-state index in [4.69, 9.17) is 19.7 Å². The maximum Gasteiger partial charge on any atom is 0.305 e. The Morgan fingerprint density at radius 2 is 0.883 bits per heavy atom. The number of carbonyl (C=O) groups is 2. The van der Waals surface area contributed by atoms with Gasteiger partial charge in [-0.2, -0.15) is 0 Å². The number of fused-ring (bicyclic) bond motifs is 10. The molecule has 8 fully saturated rings. The average Bonchev–Trinajstić information content (AvgIpc) is 3.78. The van der Waals surface area contributed by atoms with Gasteiger partial charge in [-0.05, 0) is 221 Å².